The summed E-state index contributed by atoms with van der Waals surface area (Å²) in [7, 11) is -0.846. The average molecular weight is 452 g/mol. The van der Waals surface area contributed by atoms with Crippen LogP contribution in [0.2, 0.25) is 0 Å². The first-order valence-electron chi connectivity index (χ1n) is 10.0. The van der Waals surface area contributed by atoms with Crippen LogP contribution in [0.5, 0.6) is 0 Å². The zero-order valence-corrected chi connectivity index (χ0v) is 18.7. The molecule has 0 saturated heterocycles. The van der Waals surface area contributed by atoms with Gasteiger partial charge in [0.05, 0.1) is 4.90 Å². The highest BCUT2D eigenvalue weighted by Crippen LogP contribution is 2.27. The molecule has 0 bridgehead atoms. The molecule has 0 aromatic heterocycles. The summed E-state index contributed by atoms with van der Waals surface area (Å²) in [5, 5.41) is 0. The molecular formula is C24H25N3O4S. The molecule has 0 aliphatic heterocycles. The van der Waals surface area contributed by atoms with Crippen LogP contribution in [0, 0.1) is 0 Å². The Morgan fingerprint density at radius 2 is 1.38 bits per heavy atom. The minimum absolute atomic E-state index is 0.00491. The Kier molecular flexibility index (Phi) is 7.40. The van der Waals surface area contributed by atoms with Crippen molar-refractivity contribution >= 4 is 21.8 Å². The number of sulfonamides is 1. The van der Waals surface area contributed by atoms with Crippen molar-refractivity contribution in [3.63, 3.8) is 0 Å². The van der Waals surface area contributed by atoms with E-state index in [-0.39, 0.29) is 28.7 Å². The van der Waals surface area contributed by atoms with E-state index in [4.69, 9.17) is 0 Å². The molecule has 8 heteroatoms. The largest absolute Gasteiger partial charge is 0.273 e. The second-order valence-corrected chi connectivity index (χ2v) is 9.55. The minimum atomic E-state index is -3.68. The molecule has 2 N–H and O–H groups in total. The Morgan fingerprint density at radius 1 is 0.812 bits per heavy atom. The number of carbonyl (C=O) groups excluding carboxylic acids is 2. The Morgan fingerprint density at radius 3 is 1.91 bits per heavy atom. The Labute approximate surface area is 188 Å². The lowest BCUT2D eigenvalue weighted by molar-refractivity contribution is -0.122. The number of hydrazine groups is 1. The van der Waals surface area contributed by atoms with Crippen LogP contribution in [0.1, 0.15) is 33.8 Å². The monoisotopic (exact) mass is 451 g/mol. The van der Waals surface area contributed by atoms with Crippen molar-refractivity contribution in [1.82, 2.24) is 15.2 Å². The number of nitrogens with one attached hydrogen (secondary N) is 2. The van der Waals surface area contributed by atoms with Crippen molar-refractivity contribution in [3.05, 3.63) is 102 Å². The van der Waals surface area contributed by atoms with Crippen LogP contribution in [0.3, 0.4) is 0 Å². The van der Waals surface area contributed by atoms with E-state index in [0.29, 0.717) is 0 Å². The molecule has 0 spiro atoms. The third-order valence-corrected chi connectivity index (χ3v) is 6.79. The summed E-state index contributed by atoms with van der Waals surface area (Å²) < 4.78 is 25.6. The van der Waals surface area contributed by atoms with E-state index in [2.05, 4.69) is 10.9 Å². The van der Waals surface area contributed by atoms with Crippen LogP contribution in [0.4, 0.5) is 0 Å². The number of carbonyl (C=O) groups is 2. The summed E-state index contributed by atoms with van der Waals surface area (Å²) >= 11 is 0. The maximum atomic E-state index is 12.6. The first-order valence-corrected chi connectivity index (χ1v) is 11.4. The van der Waals surface area contributed by atoms with Gasteiger partial charge in [-0.15, -0.1) is 0 Å². The fourth-order valence-corrected chi connectivity index (χ4v) is 4.19. The topological polar surface area (TPSA) is 95.6 Å². The molecule has 0 radical (unpaired) electrons. The fraction of sp³-hybridized carbons (Fsp3) is 0.167. The molecular weight excluding hydrogens is 426 g/mol. The van der Waals surface area contributed by atoms with Crippen LogP contribution >= 0.6 is 0 Å². The molecule has 3 aromatic carbocycles. The summed E-state index contributed by atoms with van der Waals surface area (Å²) in [6.07, 6.45) is 0.128. The maximum absolute atomic E-state index is 12.6. The molecule has 2 amide bonds. The highest BCUT2D eigenvalue weighted by molar-refractivity contribution is 7.89. The average Bonchev–Trinajstić information content (AvgIpc) is 2.82. The van der Waals surface area contributed by atoms with Gasteiger partial charge < -0.3 is 0 Å². The van der Waals surface area contributed by atoms with E-state index in [1.54, 1.807) is 0 Å². The second kappa shape index (κ2) is 10.2. The van der Waals surface area contributed by atoms with Gasteiger partial charge in [-0.3, -0.25) is 20.4 Å². The Bertz CT molecular complexity index is 1140. The normalized spacial score (nSPS) is 11.4. The first-order chi connectivity index (χ1) is 15.3. The van der Waals surface area contributed by atoms with Gasteiger partial charge in [-0.1, -0.05) is 66.7 Å². The zero-order chi connectivity index (χ0) is 23.1. The maximum Gasteiger partial charge on any atom is 0.269 e. The molecule has 0 aliphatic carbocycles. The molecule has 0 atom stereocenters. The minimum Gasteiger partial charge on any atom is -0.273 e. The number of hydrogen-bond acceptors (Lipinski definition) is 4. The molecule has 0 unspecified atom stereocenters. The number of benzene rings is 3. The number of amides is 2. The SMILES string of the molecule is CN(C)S(=O)(=O)c1cccc(C(=O)NNC(=O)CC(c2ccccc2)c2ccccc2)c1. The van der Waals surface area contributed by atoms with Gasteiger partial charge in [0.25, 0.3) is 5.91 Å². The van der Waals surface area contributed by atoms with E-state index in [1.165, 1.54) is 38.4 Å². The van der Waals surface area contributed by atoms with Crippen molar-refractivity contribution in [2.75, 3.05) is 14.1 Å². The predicted molar refractivity (Wildman–Crippen MR) is 122 cm³/mol. The first kappa shape index (κ1) is 23.2. The van der Waals surface area contributed by atoms with E-state index >= 15 is 0 Å². The van der Waals surface area contributed by atoms with Gasteiger partial charge >= 0.3 is 0 Å². The lowest BCUT2D eigenvalue weighted by Crippen LogP contribution is -2.42. The zero-order valence-electron chi connectivity index (χ0n) is 17.9. The van der Waals surface area contributed by atoms with Gasteiger partial charge in [0.1, 0.15) is 0 Å². The molecule has 7 nitrogen and oxygen atoms in total. The van der Waals surface area contributed by atoms with Gasteiger partial charge in [0.2, 0.25) is 15.9 Å². The standard InChI is InChI=1S/C24H25N3O4S/c1-27(2)32(30,31)21-15-9-14-20(16-21)24(29)26-25-23(28)17-22(18-10-5-3-6-11-18)19-12-7-4-8-13-19/h3-16,22H,17H2,1-2H3,(H,25,28)(H,26,29). The van der Waals surface area contributed by atoms with Gasteiger partial charge in [-0.05, 0) is 29.3 Å². The molecule has 3 rings (SSSR count). The van der Waals surface area contributed by atoms with Crippen LogP contribution in [0.15, 0.2) is 89.8 Å². The highest BCUT2D eigenvalue weighted by atomic mass is 32.2. The fourth-order valence-electron chi connectivity index (χ4n) is 3.24. The Balaban J connectivity index is 1.69. The third kappa shape index (κ3) is 5.60. The third-order valence-electron chi connectivity index (χ3n) is 4.98. The quantitative estimate of drug-likeness (QED) is 0.540. The van der Waals surface area contributed by atoms with E-state index < -0.39 is 15.9 Å². The smallest absolute Gasteiger partial charge is 0.269 e. The van der Waals surface area contributed by atoms with Crippen LogP contribution in [-0.2, 0) is 14.8 Å². The molecule has 0 saturated carbocycles. The summed E-state index contributed by atoms with van der Waals surface area (Å²) in [4.78, 5) is 25.1. The van der Waals surface area contributed by atoms with Crippen LogP contribution < -0.4 is 10.9 Å². The van der Waals surface area contributed by atoms with Crippen molar-refractivity contribution in [1.29, 1.82) is 0 Å². The number of rotatable bonds is 7. The molecule has 0 fully saturated rings. The Hall–Kier alpha value is -3.49. The van der Waals surface area contributed by atoms with Crippen LogP contribution in [-0.4, -0.2) is 38.6 Å². The summed E-state index contributed by atoms with van der Waals surface area (Å²) in [6.45, 7) is 0. The molecule has 0 aliphatic rings. The van der Waals surface area contributed by atoms with Crippen molar-refractivity contribution in [2.45, 2.75) is 17.2 Å². The lowest BCUT2D eigenvalue weighted by atomic mass is 9.88. The van der Waals surface area contributed by atoms with Crippen LogP contribution in [0.25, 0.3) is 0 Å². The second-order valence-electron chi connectivity index (χ2n) is 7.40. The van der Waals surface area contributed by atoms with E-state index in [9.17, 15) is 18.0 Å². The predicted octanol–water partition coefficient (Wildman–Crippen LogP) is 2.92. The number of nitrogens with zero attached hydrogens (tertiary/aromatic N) is 1. The molecule has 166 valence electrons. The summed E-state index contributed by atoms with van der Waals surface area (Å²) in [5.74, 6) is -1.15. The summed E-state index contributed by atoms with van der Waals surface area (Å²) in [6, 6.07) is 25.0. The van der Waals surface area contributed by atoms with Gasteiger partial charge in [0.15, 0.2) is 0 Å². The van der Waals surface area contributed by atoms with Crippen molar-refractivity contribution in [3.8, 4) is 0 Å². The molecule has 0 heterocycles. The van der Waals surface area contributed by atoms with E-state index in [1.807, 2.05) is 60.7 Å². The van der Waals surface area contributed by atoms with Gasteiger partial charge in [0, 0.05) is 32.0 Å². The molecule has 3 aromatic rings. The van der Waals surface area contributed by atoms with Crippen molar-refractivity contribution in [2.24, 2.45) is 0 Å². The highest BCUT2D eigenvalue weighted by Gasteiger charge is 2.20. The number of hydrogen-bond donors (Lipinski definition) is 2. The van der Waals surface area contributed by atoms with E-state index in [0.717, 1.165) is 15.4 Å². The van der Waals surface area contributed by atoms with Gasteiger partial charge in [-0.25, -0.2) is 12.7 Å². The van der Waals surface area contributed by atoms with Gasteiger partial charge in [-0.2, -0.15) is 0 Å². The lowest BCUT2D eigenvalue weighted by Gasteiger charge is -2.18. The summed E-state index contributed by atoms with van der Waals surface area (Å²) in [5.41, 5.74) is 6.90. The molecule has 32 heavy (non-hydrogen) atoms. The van der Waals surface area contributed by atoms with Crippen molar-refractivity contribution < 1.29 is 18.0 Å².